The number of pyridine rings is 1. The molecule has 4 heteroatoms. The van der Waals surface area contributed by atoms with E-state index in [4.69, 9.17) is 10.00 Å². The molecule has 13 heavy (non-hydrogen) atoms. The third kappa shape index (κ3) is 3.34. The summed E-state index contributed by atoms with van der Waals surface area (Å²) in [6.07, 6.45) is 3.04. The van der Waals surface area contributed by atoms with Crippen molar-refractivity contribution in [2.24, 2.45) is 0 Å². The molecule has 66 valence electrons. The highest BCUT2D eigenvalue weighted by atomic mass is 16.5. The molecule has 0 fully saturated rings. The van der Waals surface area contributed by atoms with E-state index in [0.29, 0.717) is 0 Å². The second-order valence-corrected chi connectivity index (χ2v) is 2.36. The number of rotatable bonds is 3. The lowest BCUT2D eigenvalue weighted by atomic mass is 10.3. The fourth-order valence-corrected chi connectivity index (χ4v) is 0.763. The second-order valence-electron chi connectivity index (χ2n) is 2.36. The fraction of sp³-hybridized carbons (Fsp3) is 0.222. The highest BCUT2D eigenvalue weighted by molar-refractivity contribution is 5.71. The van der Waals surface area contributed by atoms with Crippen molar-refractivity contribution in [3.8, 4) is 6.07 Å². The molecule has 0 aliphatic rings. The standard InChI is InChI=1S/C9H8N2O2/c10-4-3-9(12)13-7-8-2-1-5-11-6-8/h1-2,5-6H,3,7H2. The van der Waals surface area contributed by atoms with Crippen molar-refractivity contribution in [2.45, 2.75) is 13.0 Å². The number of ether oxygens (including phenoxy) is 1. The van der Waals surface area contributed by atoms with Gasteiger partial charge < -0.3 is 4.74 Å². The number of carbonyl (C=O) groups excluding carboxylic acids is 1. The number of aromatic nitrogens is 1. The van der Waals surface area contributed by atoms with Gasteiger partial charge in [0.1, 0.15) is 13.0 Å². The lowest BCUT2D eigenvalue weighted by Crippen LogP contribution is -2.02. The normalized spacial score (nSPS) is 8.85. The van der Waals surface area contributed by atoms with Crippen molar-refractivity contribution in [3.05, 3.63) is 30.1 Å². The predicted molar refractivity (Wildman–Crippen MR) is 44.3 cm³/mol. The van der Waals surface area contributed by atoms with Gasteiger partial charge >= 0.3 is 5.97 Å². The van der Waals surface area contributed by atoms with Crippen molar-refractivity contribution < 1.29 is 9.53 Å². The third-order valence-corrected chi connectivity index (χ3v) is 1.35. The quantitative estimate of drug-likeness (QED) is 0.645. The van der Waals surface area contributed by atoms with Crippen LogP contribution < -0.4 is 0 Å². The number of nitrogens with zero attached hydrogens (tertiary/aromatic N) is 2. The van der Waals surface area contributed by atoms with Gasteiger partial charge in [0.2, 0.25) is 0 Å². The summed E-state index contributed by atoms with van der Waals surface area (Å²) < 4.78 is 4.77. The van der Waals surface area contributed by atoms with Gasteiger partial charge in [-0.2, -0.15) is 5.26 Å². The lowest BCUT2D eigenvalue weighted by molar-refractivity contribution is -0.143. The zero-order chi connectivity index (χ0) is 9.52. The molecule has 0 spiro atoms. The minimum absolute atomic E-state index is 0.175. The van der Waals surface area contributed by atoms with E-state index in [2.05, 4.69) is 4.98 Å². The largest absolute Gasteiger partial charge is 0.460 e. The van der Waals surface area contributed by atoms with Gasteiger partial charge in [-0.1, -0.05) is 6.07 Å². The van der Waals surface area contributed by atoms with E-state index in [9.17, 15) is 4.79 Å². The summed E-state index contributed by atoms with van der Waals surface area (Å²) in [5.41, 5.74) is 0.814. The Morgan fingerprint density at radius 1 is 1.69 bits per heavy atom. The van der Waals surface area contributed by atoms with Crippen molar-refractivity contribution >= 4 is 5.97 Å². The molecule has 0 amide bonds. The lowest BCUT2D eigenvalue weighted by Gasteiger charge is -2.00. The zero-order valence-electron chi connectivity index (χ0n) is 6.93. The Morgan fingerprint density at radius 3 is 3.15 bits per heavy atom. The first-order valence-electron chi connectivity index (χ1n) is 3.74. The molecule has 0 atom stereocenters. The zero-order valence-corrected chi connectivity index (χ0v) is 6.93. The summed E-state index contributed by atoms with van der Waals surface area (Å²) in [4.78, 5) is 14.6. The maximum absolute atomic E-state index is 10.8. The number of esters is 1. The van der Waals surface area contributed by atoms with Crippen LogP contribution in [0.4, 0.5) is 0 Å². The molecule has 0 N–H and O–H groups in total. The maximum Gasteiger partial charge on any atom is 0.320 e. The van der Waals surface area contributed by atoms with Gasteiger partial charge in [0.25, 0.3) is 0 Å². The Bertz CT molecular complexity index is 316. The topological polar surface area (TPSA) is 63.0 Å². The molecule has 1 rings (SSSR count). The highest BCUT2D eigenvalue weighted by Crippen LogP contribution is 1.98. The Labute approximate surface area is 75.8 Å². The van der Waals surface area contributed by atoms with Crippen molar-refractivity contribution in [2.75, 3.05) is 0 Å². The maximum atomic E-state index is 10.8. The van der Waals surface area contributed by atoms with Crippen LogP contribution in [0.2, 0.25) is 0 Å². The van der Waals surface area contributed by atoms with Gasteiger partial charge in [0.15, 0.2) is 0 Å². The smallest absolute Gasteiger partial charge is 0.320 e. The molecule has 0 aliphatic heterocycles. The second kappa shape index (κ2) is 4.88. The van der Waals surface area contributed by atoms with Crippen LogP contribution in [0.15, 0.2) is 24.5 Å². The van der Waals surface area contributed by atoms with Crippen LogP contribution >= 0.6 is 0 Å². The van der Waals surface area contributed by atoms with Gasteiger partial charge in [0.05, 0.1) is 6.07 Å². The van der Waals surface area contributed by atoms with Crippen LogP contribution in [0, 0.1) is 11.3 Å². The Morgan fingerprint density at radius 2 is 2.54 bits per heavy atom. The SMILES string of the molecule is N#CCC(=O)OCc1cccnc1. The first kappa shape index (κ1) is 9.20. The first-order valence-corrected chi connectivity index (χ1v) is 3.74. The summed E-state index contributed by atoms with van der Waals surface area (Å²) in [7, 11) is 0. The van der Waals surface area contributed by atoms with Crippen molar-refractivity contribution in [3.63, 3.8) is 0 Å². The van der Waals surface area contributed by atoms with E-state index in [-0.39, 0.29) is 13.0 Å². The summed E-state index contributed by atoms with van der Waals surface area (Å²) in [6, 6.07) is 5.27. The number of hydrogen-bond donors (Lipinski definition) is 0. The van der Waals surface area contributed by atoms with E-state index in [1.807, 2.05) is 0 Å². The number of carbonyl (C=O) groups is 1. The van der Waals surface area contributed by atoms with E-state index in [1.54, 1.807) is 30.6 Å². The van der Waals surface area contributed by atoms with Crippen LogP contribution in [-0.2, 0) is 16.1 Å². The molecule has 1 aromatic rings. The average Bonchev–Trinajstić information content (AvgIpc) is 2.17. The van der Waals surface area contributed by atoms with Crippen LogP contribution in [-0.4, -0.2) is 11.0 Å². The summed E-state index contributed by atoms with van der Waals surface area (Å²) in [5.74, 6) is -0.508. The van der Waals surface area contributed by atoms with Crippen molar-refractivity contribution in [1.29, 1.82) is 5.26 Å². The fourth-order valence-electron chi connectivity index (χ4n) is 0.763. The molecule has 4 nitrogen and oxygen atoms in total. The molecule has 1 aromatic heterocycles. The van der Waals surface area contributed by atoms with Crippen molar-refractivity contribution in [1.82, 2.24) is 4.98 Å². The molecule has 0 radical (unpaired) electrons. The molecule has 0 saturated heterocycles. The van der Waals surface area contributed by atoms with Crippen LogP contribution in [0.5, 0.6) is 0 Å². The van der Waals surface area contributed by atoms with E-state index >= 15 is 0 Å². The monoisotopic (exact) mass is 176 g/mol. The summed E-state index contributed by atoms with van der Waals surface area (Å²) >= 11 is 0. The predicted octanol–water partition coefficient (Wildman–Crippen LogP) is 1.04. The van der Waals surface area contributed by atoms with Gasteiger partial charge in [-0.25, -0.2) is 0 Å². The van der Waals surface area contributed by atoms with Gasteiger partial charge in [-0.05, 0) is 6.07 Å². The third-order valence-electron chi connectivity index (χ3n) is 1.35. The van der Waals surface area contributed by atoms with Gasteiger partial charge in [0, 0.05) is 18.0 Å². The summed E-state index contributed by atoms with van der Waals surface area (Å²) in [6.45, 7) is 0.175. The minimum atomic E-state index is -0.508. The molecular formula is C9H8N2O2. The molecular weight excluding hydrogens is 168 g/mol. The highest BCUT2D eigenvalue weighted by Gasteiger charge is 2.00. The number of hydrogen-bond acceptors (Lipinski definition) is 4. The van der Waals surface area contributed by atoms with Gasteiger partial charge in [-0.3, -0.25) is 9.78 Å². The van der Waals surface area contributed by atoms with Gasteiger partial charge in [-0.15, -0.1) is 0 Å². The Hall–Kier alpha value is -1.89. The van der Waals surface area contributed by atoms with Crippen LogP contribution in [0.25, 0.3) is 0 Å². The Kier molecular flexibility index (Phi) is 3.45. The molecule has 0 aliphatic carbocycles. The molecule has 0 saturated carbocycles. The number of nitriles is 1. The van der Waals surface area contributed by atoms with E-state index in [0.717, 1.165) is 5.56 Å². The first-order chi connectivity index (χ1) is 6.33. The molecule has 0 unspecified atom stereocenters. The molecule has 0 aromatic carbocycles. The Balaban J connectivity index is 2.36. The van der Waals surface area contributed by atoms with Crippen LogP contribution in [0.3, 0.4) is 0 Å². The molecule has 0 bridgehead atoms. The average molecular weight is 176 g/mol. The van der Waals surface area contributed by atoms with E-state index < -0.39 is 5.97 Å². The summed E-state index contributed by atoms with van der Waals surface area (Å²) in [5, 5.41) is 8.17. The minimum Gasteiger partial charge on any atom is -0.460 e. The van der Waals surface area contributed by atoms with Crippen LogP contribution in [0.1, 0.15) is 12.0 Å². The van der Waals surface area contributed by atoms with E-state index in [1.165, 1.54) is 0 Å². The molecule has 1 heterocycles.